The molecule has 3 heteroatoms. The maximum atomic E-state index is 9.77. The Labute approximate surface area is 118 Å². The summed E-state index contributed by atoms with van der Waals surface area (Å²) in [5.41, 5.74) is 0. The van der Waals surface area contributed by atoms with Gasteiger partial charge in [-0.3, -0.25) is 0 Å². The summed E-state index contributed by atoms with van der Waals surface area (Å²) >= 11 is 0. The number of rotatable bonds is 7. The minimum absolute atomic E-state index is 0.244. The molecular formula is C16H32O3. The Kier molecular flexibility index (Phi) is 6.78. The van der Waals surface area contributed by atoms with Crippen LogP contribution in [0.25, 0.3) is 0 Å². The lowest BCUT2D eigenvalue weighted by molar-refractivity contribution is -0.108. The fourth-order valence-corrected chi connectivity index (χ4v) is 3.79. The standard InChI is InChI=1S/C16H32O3/c1-10(2)6-13-7-14(11(3)4)16(15(13)8-17)9-19-12(5)18/h10-18H,6-9H2,1-5H3. The summed E-state index contributed by atoms with van der Waals surface area (Å²) in [5.74, 6) is 3.17. The van der Waals surface area contributed by atoms with E-state index in [1.807, 2.05) is 0 Å². The van der Waals surface area contributed by atoms with Gasteiger partial charge in [0.05, 0.1) is 6.61 Å². The van der Waals surface area contributed by atoms with Crippen LogP contribution in [0.4, 0.5) is 0 Å². The van der Waals surface area contributed by atoms with Gasteiger partial charge in [0.2, 0.25) is 0 Å². The van der Waals surface area contributed by atoms with Gasteiger partial charge < -0.3 is 14.9 Å². The van der Waals surface area contributed by atoms with Crippen molar-refractivity contribution in [2.75, 3.05) is 13.2 Å². The number of hydrogen-bond acceptors (Lipinski definition) is 3. The van der Waals surface area contributed by atoms with Gasteiger partial charge in [-0.25, -0.2) is 0 Å². The van der Waals surface area contributed by atoms with E-state index >= 15 is 0 Å². The summed E-state index contributed by atoms with van der Waals surface area (Å²) in [5, 5.41) is 19.1. The molecule has 1 aliphatic rings. The predicted molar refractivity (Wildman–Crippen MR) is 77.6 cm³/mol. The van der Waals surface area contributed by atoms with Crippen LogP contribution in [0, 0.1) is 35.5 Å². The van der Waals surface area contributed by atoms with E-state index in [1.54, 1.807) is 6.92 Å². The molecule has 114 valence electrons. The summed E-state index contributed by atoms with van der Waals surface area (Å²) < 4.78 is 5.44. The van der Waals surface area contributed by atoms with E-state index in [0.717, 1.165) is 0 Å². The van der Waals surface area contributed by atoms with E-state index in [1.165, 1.54) is 12.8 Å². The van der Waals surface area contributed by atoms with E-state index in [-0.39, 0.29) is 6.61 Å². The van der Waals surface area contributed by atoms with Gasteiger partial charge in [-0.15, -0.1) is 0 Å². The Balaban J connectivity index is 2.75. The van der Waals surface area contributed by atoms with Gasteiger partial charge >= 0.3 is 0 Å². The van der Waals surface area contributed by atoms with E-state index < -0.39 is 6.29 Å². The summed E-state index contributed by atoms with van der Waals surface area (Å²) in [6, 6.07) is 0. The van der Waals surface area contributed by atoms with Gasteiger partial charge in [-0.05, 0) is 55.3 Å². The number of aliphatic hydroxyl groups excluding tert-OH is 2. The average Bonchev–Trinajstić information content (AvgIpc) is 2.63. The first kappa shape index (κ1) is 16.9. The van der Waals surface area contributed by atoms with Crippen molar-refractivity contribution < 1.29 is 14.9 Å². The topological polar surface area (TPSA) is 49.7 Å². The van der Waals surface area contributed by atoms with Gasteiger partial charge in [0, 0.05) is 6.61 Å². The molecular weight excluding hydrogens is 240 g/mol. The second-order valence-corrected chi connectivity index (χ2v) is 6.98. The van der Waals surface area contributed by atoms with Gasteiger partial charge in [0.15, 0.2) is 6.29 Å². The van der Waals surface area contributed by atoms with Crippen LogP contribution in [0.2, 0.25) is 0 Å². The summed E-state index contributed by atoms with van der Waals surface area (Å²) in [4.78, 5) is 0. The van der Waals surface area contributed by atoms with Crippen molar-refractivity contribution in [3.8, 4) is 0 Å². The molecule has 5 atom stereocenters. The fourth-order valence-electron chi connectivity index (χ4n) is 3.79. The van der Waals surface area contributed by atoms with Crippen molar-refractivity contribution in [1.82, 2.24) is 0 Å². The zero-order valence-corrected chi connectivity index (χ0v) is 13.2. The molecule has 1 fully saturated rings. The lowest BCUT2D eigenvalue weighted by Crippen LogP contribution is -2.29. The molecule has 1 aliphatic carbocycles. The number of hydrogen-bond donors (Lipinski definition) is 2. The van der Waals surface area contributed by atoms with Crippen LogP contribution >= 0.6 is 0 Å². The summed E-state index contributed by atoms with van der Waals surface area (Å²) in [6.07, 6.45) is 1.66. The highest BCUT2D eigenvalue weighted by Crippen LogP contribution is 2.47. The lowest BCUT2D eigenvalue weighted by atomic mass is 9.82. The summed E-state index contributed by atoms with van der Waals surface area (Å²) in [6.45, 7) is 11.5. The molecule has 0 bridgehead atoms. The zero-order chi connectivity index (χ0) is 14.6. The third kappa shape index (κ3) is 4.73. The molecule has 0 aliphatic heterocycles. The molecule has 5 unspecified atom stereocenters. The van der Waals surface area contributed by atoms with Gasteiger partial charge in [0.1, 0.15) is 0 Å². The maximum absolute atomic E-state index is 9.77. The second kappa shape index (κ2) is 7.61. The Morgan fingerprint density at radius 1 is 1.11 bits per heavy atom. The maximum Gasteiger partial charge on any atom is 0.151 e. The zero-order valence-electron chi connectivity index (χ0n) is 13.2. The van der Waals surface area contributed by atoms with Crippen molar-refractivity contribution in [1.29, 1.82) is 0 Å². The number of aliphatic hydroxyl groups is 2. The molecule has 0 heterocycles. The molecule has 0 amide bonds. The van der Waals surface area contributed by atoms with Crippen LogP contribution < -0.4 is 0 Å². The highest BCUT2D eigenvalue weighted by atomic mass is 16.6. The molecule has 0 aromatic carbocycles. The van der Waals surface area contributed by atoms with Gasteiger partial charge in [-0.1, -0.05) is 27.7 Å². The molecule has 19 heavy (non-hydrogen) atoms. The molecule has 0 spiro atoms. The van der Waals surface area contributed by atoms with Crippen LogP contribution in [0.15, 0.2) is 0 Å². The van der Waals surface area contributed by atoms with Crippen LogP contribution in [0.3, 0.4) is 0 Å². The highest BCUT2D eigenvalue weighted by Gasteiger charge is 2.43. The SMILES string of the molecule is CC(C)CC1CC(C(C)C)C(COC(C)O)C1CO. The Morgan fingerprint density at radius 2 is 1.74 bits per heavy atom. The summed E-state index contributed by atoms with van der Waals surface area (Å²) in [7, 11) is 0. The van der Waals surface area contributed by atoms with Crippen LogP contribution in [0.5, 0.6) is 0 Å². The van der Waals surface area contributed by atoms with Crippen molar-refractivity contribution in [2.45, 2.75) is 53.8 Å². The first-order valence-corrected chi connectivity index (χ1v) is 7.77. The van der Waals surface area contributed by atoms with Crippen molar-refractivity contribution in [2.24, 2.45) is 35.5 Å². The van der Waals surface area contributed by atoms with E-state index in [9.17, 15) is 10.2 Å². The molecule has 1 rings (SSSR count). The molecule has 1 saturated carbocycles. The predicted octanol–water partition coefficient (Wildman–Crippen LogP) is 2.90. The third-order valence-corrected chi connectivity index (χ3v) is 4.65. The minimum atomic E-state index is -0.712. The van der Waals surface area contributed by atoms with Crippen LogP contribution in [-0.2, 0) is 4.74 Å². The Bertz CT molecular complexity index is 250. The van der Waals surface area contributed by atoms with Crippen LogP contribution in [0.1, 0.15) is 47.5 Å². The molecule has 0 radical (unpaired) electrons. The normalized spacial score (nSPS) is 33.3. The first-order chi connectivity index (χ1) is 8.86. The monoisotopic (exact) mass is 272 g/mol. The minimum Gasteiger partial charge on any atom is -0.396 e. The second-order valence-electron chi connectivity index (χ2n) is 6.98. The Hall–Kier alpha value is -0.120. The largest absolute Gasteiger partial charge is 0.396 e. The van der Waals surface area contributed by atoms with Gasteiger partial charge in [0.25, 0.3) is 0 Å². The van der Waals surface area contributed by atoms with E-state index in [4.69, 9.17) is 4.74 Å². The molecule has 2 N–H and O–H groups in total. The van der Waals surface area contributed by atoms with Crippen molar-refractivity contribution in [3.63, 3.8) is 0 Å². The third-order valence-electron chi connectivity index (χ3n) is 4.65. The highest BCUT2D eigenvalue weighted by molar-refractivity contribution is 4.92. The van der Waals surface area contributed by atoms with Crippen molar-refractivity contribution in [3.05, 3.63) is 0 Å². The lowest BCUT2D eigenvalue weighted by Gasteiger charge is -2.28. The number of ether oxygens (including phenoxy) is 1. The fraction of sp³-hybridized carbons (Fsp3) is 1.00. The van der Waals surface area contributed by atoms with Crippen LogP contribution in [-0.4, -0.2) is 29.7 Å². The molecule has 0 aromatic rings. The van der Waals surface area contributed by atoms with E-state index in [0.29, 0.717) is 42.1 Å². The average molecular weight is 272 g/mol. The molecule has 3 nitrogen and oxygen atoms in total. The Morgan fingerprint density at radius 3 is 2.16 bits per heavy atom. The first-order valence-electron chi connectivity index (χ1n) is 7.77. The molecule has 0 aromatic heterocycles. The van der Waals surface area contributed by atoms with Crippen molar-refractivity contribution >= 4 is 0 Å². The van der Waals surface area contributed by atoms with E-state index in [2.05, 4.69) is 27.7 Å². The molecule has 0 saturated heterocycles. The quantitative estimate of drug-likeness (QED) is 0.701. The van der Waals surface area contributed by atoms with Gasteiger partial charge in [-0.2, -0.15) is 0 Å². The smallest absolute Gasteiger partial charge is 0.151 e.